The molecule has 2 aromatic carbocycles. The Morgan fingerprint density at radius 3 is 2.55 bits per heavy atom. The first-order valence-corrected chi connectivity index (χ1v) is 7.79. The van der Waals surface area contributed by atoms with Crippen LogP contribution in [0.4, 0.5) is 0 Å². The second-order valence-corrected chi connectivity index (χ2v) is 6.14. The van der Waals surface area contributed by atoms with E-state index < -0.39 is 0 Å². The van der Waals surface area contributed by atoms with Crippen LogP contribution in [0.2, 0.25) is 0 Å². The molecule has 0 spiro atoms. The zero-order valence-electron chi connectivity index (χ0n) is 11.5. The van der Waals surface area contributed by atoms with Gasteiger partial charge in [0.15, 0.2) is 0 Å². The molecule has 0 radical (unpaired) electrons. The summed E-state index contributed by atoms with van der Waals surface area (Å²) >= 11 is 2.36. The SMILES string of the molecule is Cc1cccc(C2=N[C@@H](C)[C@H](c3ccccc3)O2)c1I. The quantitative estimate of drug-likeness (QED) is 0.706. The highest BCUT2D eigenvalue weighted by Gasteiger charge is 2.30. The smallest absolute Gasteiger partial charge is 0.218 e. The number of aliphatic imine (C=N–C) groups is 1. The molecule has 0 saturated heterocycles. The average Bonchev–Trinajstić information content (AvgIpc) is 2.85. The molecule has 0 saturated carbocycles. The zero-order valence-corrected chi connectivity index (χ0v) is 13.7. The molecular formula is C17H16INO. The summed E-state index contributed by atoms with van der Waals surface area (Å²) in [5.41, 5.74) is 3.53. The minimum Gasteiger partial charge on any atom is -0.467 e. The molecule has 0 bridgehead atoms. The average molecular weight is 377 g/mol. The molecule has 1 aliphatic rings. The Morgan fingerprint density at radius 1 is 1.05 bits per heavy atom. The van der Waals surface area contributed by atoms with Crippen LogP contribution in [-0.4, -0.2) is 11.9 Å². The van der Waals surface area contributed by atoms with Crippen molar-refractivity contribution >= 4 is 28.5 Å². The summed E-state index contributed by atoms with van der Waals surface area (Å²) in [6, 6.07) is 16.7. The normalized spacial score (nSPS) is 21.4. The molecule has 0 fully saturated rings. The van der Waals surface area contributed by atoms with Gasteiger partial charge in [-0.2, -0.15) is 0 Å². The predicted octanol–water partition coefficient (Wildman–Crippen LogP) is 4.51. The number of rotatable bonds is 2. The zero-order chi connectivity index (χ0) is 14.1. The first-order chi connectivity index (χ1) is 9.66. The van der Waals surface area contributed by atoms with E-state index in [2.05, 4.69) is 66.8 Å². The highest BCUT2D eigenvalue weighted by Crippen LogP contribution is 2.32. The number of hydrogen-bond acceptors (Lipinski definition) is 2. The van der Waals surface area contributed by atoms with Crippen molar-refractivity contribution in [3.63, 3.8) is 0 Å². The van der Waals surface area contributed by atoms with Crippen molar-refractivity contribution in [3.05, 3.63) is 68.8 Å². The molecule has 2 nitrogen and oxygen atoms in total. The van der Waals surface area contributed by atoms with Crippen molar-refractivity contribution in [2.45, 2.75) is 26.0 Å². The largest absolute Gasteiger partial charge is 0.467 e. The standard InChI is InChI=1S/C17H16INO/c1-11-7-6-10-14(15(11)18)17-19-12(2)16(20-17)13-8-4-3-5-9-13/h3-10,12,16H,1-2H3/t12-,16+/m0/s1. The minimum atomic E-state index is 0.0162. The Morgan fingerprint density at radius 2 is 1.80 bits per heavy atom. The summed E-state index contributed by atoms with van der Waals surface area (Å²) in [7, 11) is 0. The van der Waals surface area contributed by atoms with E-state index in [0.717, 1.165) is 11.5 Å². The molecule has 2 aromatic rings. The molecule has 20 heavy (non-hydrogen) atoms. The molecule has 2 atom stereocenters. The summed E-state index contributed by atoms with van der Waals surface area (Å²) in [4.78, 5) is 4.71. The monoisotopic (exact) mass is 377 g/mol. The first kappa shape index (κ1) is 13.6. The number of nitrogens with zero attached hydrogens (tertiary/aromatic N) is 1. The van der Waals surface area contributed by atoms with E-state index in [0.29, 0.717) is 0 Å². The Bertz CT molecular complexity index is 651. The fourth-order valence-electron chi connectivity index (χ4n) is 2.44. The second kappa shape index (κ2) is 5.56. The number of hydrogen-bond donors (Lipinski definition) is 0. The van der Waals surface area contributed by atoms with Gasteiger partial charge in [-0.05, 0) is 53.6 Å². The van der Waals surface area contributed by atoms with Gasteiger partial charge >= 0.3 is 0 Å². The molecule has 1 aliphatic heterocycles. The molecule has 0 amide bonds. The van der Waals surface area contributed by atoms with Crippen LogP contribution >= 0.6 is 22.6 Å². The maximum Gasteiger partial charge on any atom is 0.218 e. The fraction of sp³-hybridized carbons (Fsp3) is 0.235. The number of aryl methyl sites for hydroxylation is 1. The van der Waals surface area contributed by atoms with E-state index in [9.17, 15) is 0 Å². The molecule has 0 unspecified atom stereocenters. The van der Waals surface area contributed by atoms with Crippen LogP contribution in [-0.2, 0) is 4.74 Å². The first-order valence-electron chi connectivity index (χ1n) is 6.71. The molecule has 102 valence electrons. The molecule has 3 heteroatoms. The van der Waals surface area contributed by atoms with Crippen molar-refractivity contribution in [3.8, 4) is 0 Å². The summed E-state index contributed by atoms with van der Waals surface area (Å²) < 4.78 is 7.34. The van der Waals surface area contributed by atoms with Gasteiger partial charge in [0.25, 0.3) is 0 Å². The van der Waals surface area contributed by atoms with Crippen molar-refractivity contribution in [1.29, 1.82) is 0 Å². The second-order valence-electron chi connectivity index (χ2n) is 5.06. The van der Waals surface area contributed by atoms with Crippen LogP contribution in [0.1, 0.15) is 29.7 Å². The Balaban J connectivity index is 1.91. The van der Waals surface area contributed by atoms with Crippen molar-refractivity contribution < 1.29 is 4.74 Å². The predicted molar refractivity (Wildman–Crippen MR) is 90.2 cm³/mol. The van der Waals surface area contributed by atoms with Crippen LogP contribution in [0, 0.1) is 10.5 Å². The van der Waals surface area contributed by atoms with E-state index in [-0.39, 0.29) is 12.1 Å². The van der Waals surface area contributed by atoms with E-state index in [4.69, 9.17) is 9.73 Å². The van der Waals surface area contributed by atoms with Crippen LogP contribution in [0.25, 0.3) is 0 Å². The number of ether oxygens (including phenoxy) is 1. The summed E-state index contributed by atoms with van der Waals surface area (Å²) in [5.74, 6) is 0.763. The molecule has 3 rings (SSSR count). The summed E-state index contributed by atoms with van der Waals surface area (Å²) in [6.07, 6.45) is 0.0162. The van der Waals surface area contributed by atoms with Gasteiger partial charge in [0.1, 0.15) is 6.10 Å². The lowest BCUT2D eigenvalue weighted by molar-refractivity contribution is 0.202. The lowest BCUT2D eigenvalue weighted by Crippen LogP contribution is -2.11. The van der Waals surface area contributed by atoms with Gasteiger partial charge in [-0.1, -0.05) is 42.5 Å². The van der Waals surface area contributed by atoms with Gasteiger partial charge < -0.3 is 4.74 Å². The van der Waals surface area contributed by atoms with E-state index in [1.807, 2.05) is 18.2 Å². The Kier molecular flexibility index (Phi) is 3.78. The van der Waals surface area contributed by atoms with Gasteiger partial charge in [0.2, 0.25) is 5.90 Å². The van der Waals surface area contributed by atoms with Crippen LogP contribution in [0.15, 0.2) is 53.5 Å². The molecular weight excluding hydrogens is 361 g/mol. The van der Waals surface area contributed by atoms with Crippen LogP contribution in [0.3, 0.4) is 0 Å². The van der Waals surface area contributed by atoms with Gasteiger partial charge in [-0.25, -0.2) is 4.99 Å². The van der Waals surface area contributed by atoms with Gasteiger partial charge in [0, 0.05) is 9.13 Å². The van der Waals surface area contributed by atoms with Crippen LogP contribution in [0.5, 0.6) is 0 Å². The number of benzene rings is 2. The molecule has 0 aromatic heterocycles. The molecule has 0 aliphatic carbocycles. The van der Waals surface area contributed by atoms with E-state index in [1.54, 1.807) is 0 Å². The van der Waals surface area contributed by atoms with Gasteiger partial charge in [-0.15, -0.1) is 0 Å². The van der Waals surface area contributed by atoms with E-state index in [1.165, 1.54) is 14.7 Å². The maximum atomic E-state index is 6.13. The Hall–Kier alpha value is -1.36. The highest BCUT2D eigenvalue weighted by molar-refractivity contribution is 14.1. The molecule has 0 N–H and O–H groups in total. The summed E-state index contributed by atoms with van der Waals surface area (Å²) in [5, 5.41) is 0. The maximum absolute atomic E-state index is 6.13. The topological polar surface area (TPSA) is 21.6 Å². The third kappa shape index (κ3) is 2.46. The minimum absolute atomic E-state index is 0.0162. The summed E-state index contributed by atoms with van der Waals surface area (Å²) in [6.45, 7) is 4.21. The van der Waals surface area contributed by atoms with E-state index >= 15 is 0 Å². The third-order valence-corrected chi connectivity index (χ3v) is 4.98. The van der Waals surface area contributed by atoms with Crippen molar-refractivity contribution in [2.75, 3.05) is 0 Å². The Labute approximate surface area is 133 Å². The number of halogens is 1. The van der Waals surface area contributed by atoms with Crippen molar-refractivity contribution in [1.82, 2.24) is 0 Å². The molecule has 1 heterocycles. The van der Waals surface area contributed by atoms with Crippen molar-refractivity contribution in [2.24, 2.45) is 4.99 Å². The highest BCUT2D eigenvalue weighted by atomic mass is 127. The third-order valence-electron chi connectivity index (χ3n) is 3.55. The van der Waals surface area contributed by atoms with Gasteiger partial charge in [-0.3, -0.25) is 0 Å². The fourth-order valence-corrected chi connectivity index (χ4v) is 3.03. The lowest BCUT2D eigenvalue weighted by Gasteiger charge is -2.15. The lowest BCUT2D eigenvalue weighted by atomic mass is 10.0. The van der Waals surface area contributed by atoms with Crippen LogP contribution < -0.4 is 0 Å². The van der Waals surface area contributed by atoms with Gasteiger partial charge in [0.05, 0.1) is 6.04 Å².